The number of piperidine rings is 1. The van der Waals surface area contributed by atoms with Crippen molar-refractivity contribution in [2.75, 3.05) is 18.0 Å². The Hall–Kier alpha value is -1.62. The molecule has 1 aliphatic heterocycles. The van der Waals surface area contributed by atoms with Gasteiger partial charge in [0.25, 0.3) is 0 Å². The van der Waals surface area contributed by atoms with Crippen LogP contribution in [0.4, 0.5) is 10.6 Å². The summed E-state index contributed by atoms with van der Waals surface area (Å²) in [6, 6.07) is 4.38. The molecule has 1 aliphatic rings. The van der Waals surface area contributed by atoms with Crippen LogP contribution in [-0.2, 0) is 4.74 Å². The van der Waals surface area contributed by atoms with Crippen molar-refractivity contribution >= 4 is 11.9 Å². The van der Waals surface area contributed by atoms with E-state index in [0.29, 0.717) is 12.0 Å². The first-order chi connectivity index (χ1) is 12.6. The molecule has 27 heavy (non-hydrogen) atoms. The van der Waals surface area contributed by atoms with Crippen LogP contribution in [0.25, 0.3) is 0 Å². The average Bonchev–Trinajstić information content (AvgIpc) is 2.53. The van der Waals surface area contributed by atoms with E-state index in [1.165, 1.54) is 12.8 Å². The van der Waals surface area contributed by atoms with E-state index in [1.54, 1.807) is 11.1 Å². The van der Waals surface area contributed by atoms with E-state index in [2.05, 4.69) is 29.8 Å². The van der Waals surface area contributed by atoms with Gasteiger partial charge in [-0.25, -0.2) is 9.78 Å². The van der Waals surface area contributed by atoms with Crippen LogP contribution in [0.3, 0.4) is 0 Å². The molecule has 0 radical (unpaired) electrons. The average molecular weight is 376 g/mol. The van der Waals surface area contributed by atoms with Gasteiger partial charge >= 0.3 is 6.09 Å². The number of nitrogens with zero attached hydrogens (tertiary/aromatic N) is 3. The maximum Gasteiger partial charge on any atom is 0.416 e. The van der Waals surface area contributed by atoms with Crippen molar-refractivity contribution in [3.63, 3.8) is 0 Å². The number of likely N-dealkylation sites (tertiary alicyclic amines) is 1. The number of hydrogen-bond donors (Lipinski definition) is 0. The molecule has 0 bridgehead atoms. The van der Waals surface area contributed by atoms with Crippen LogP contribution >= 0.6 is 0 Å². The van der Waals surface area contributed by atoms with E-state index < -0.39 is 5.60 Å². The molecule has 1 aromatic heterocycles. The summed E-state index contributed by atoms with van der Waals surface area (Å²) in [5, 5.41) is 0. The van der Waals surface area contributed by atoms with Gasteiger partial charge in [0.1, 0.15) is 11.4 Å². The van der Waals surface area contributed by atoms with Crippen LogP contribution in [0.5, 0.6) is 0 Å². The lowest BCUT2D eigenvalue weighted by atomic mass is 9.94. The van der Waals surface area contributed by atoms with E-state index in [-0.39, 0.29) is 12.1 Å². The largest absolute Gasteiger partial charge is 0.443 e. The highest BCUT2D eigenvalue weighted by Gasteiger charge is 2.32. The summed E-state index contributed by atoms with van der Waals surface area (Å²) in [5.74, 6) is 1.35. The second kappa shape index (κ2) is 9.05. The van der Waals surface area contributed by atoms with Crippen molar-refractivity contribution in [2.24, 2.45) is 5.92 Å². The van der Waals surface area contributed by atoms with E-state index in [1.807, 2.05) is 40.7 Å². The van der Waals surface area contributed by atoms with Gasteiger partial charge in [-0.2, -0.15) is 0 Å². The molecule has 0 N–H and O–H groups in total. The van der Waals surface area contributed by atoms with Gasteiger partial charge < -0.3 is 4.74 Å². The molecule has 5 heteroatoms. The number of ether oxygens (including phenoxy) is 1. The number of amides is 1. The number of pyridine rings is 1. The quantitative estimate of drug-likeness (QED) is 0.690. The van der Waals surface area contributed by atoms with Crippen LogP contribution in [-0.4, -0.2) is 40.7 Å². The van der Waals surface area contributed by atoms with Gasteiger partial charge in [0, 0.05) is 30.4 Å². The van der Waals surface area contributed by atoms with E-state index in [4.69, 9.17) is 4.74 Å². The van der Waals surface area contributed by atoms with E-state index >= 15 is 0 Å². The first-order valence-corrected chi connectivity index (χ1v) is 10.3. The highest BCUT2D eigenvalue weighted by atomic mass is 16.6. The zero-order chi connectivity index (χ0) is 20.2. The molecule has 0 saturated carbocycles. The minimum atomic E-state index is -0.534. The van der Waals surface area contributed by atoms with Gasteiger partial charge in [0.15, 0.2) is 0 Å². The Balaban J connectivity index is 2.40. The predicted octanol–water partition coefficient (Wildman–Crippen LogP) is 5.41. The number of carbonyl (C=O) groups is 1. The van der Waals surface area contributed by atoms with Gasteiger partial charge in [-0.15, -0.1) is 0 Å². The number of aromatic nitrogens is 1. The summed E-state index contributed by atoms with van der Waals surface area (Å²) in [6.45, 7) is 16.4. The smallest absolute Gasteiger partial charge is 0.416 e. The fraction of sp³-hybridized carbons (Fsp3) is 0.727. The minimum Gasteiger partial charge on any atom is -0.443 e. The van der Waals surface area contributed by atoms with Crippen LogP contribution in [0.1, 0.15) is 79.3 Å². The highest BCUT2D eigenvalue weighted by Crippen LogP contribution is 2.36. The molecule has 1 amide bonds. The van der Waals surface area contributed by atoms with E-state index in [9.17, 15) is 4.79 Å². The Kier molecular flexibility index (Phi) is 7.26. The molecule has 0 spiro atoms. The first kappa shape index (κ1) is 21.7. The third-order valence-corrected chi connectivity index (χ3v) is 4.72. The maximum atomic E-state index is 12.9. The summed E-state index contributed by atoms with van der Waals surface area (Å²) >= 11 is 0. The van der Waals surface area contributed by atoms with Crippen LogP contribution in [0, 0.1) is 5.92 Å². The Morgan fingerprint density at radius 2 is 2.00 bits per heavy atom. The predicted molar refractivity (Wildman–Crippen MR) is 111 cm³/mol. The highest BCUT2D eigenvalue weighted by molar-refractivity contribution is 5.88. The zero-order valence-corrected chi connectivity index (χ0v) is 18.2. The monoisotopic (exact) mass is 375 g/mol. The summed E-state index contributed by atoms with van der Waals surface area (Å²) in [6.07, 6.45) is 4.99. The van der Waals surface area contributed by atoms with Crippen LogP contribution in [0.15, 0.2) is 18.3 Å². The first-order valence-electron chi connectivity index (χ1n) is 10.3. The molecule has 0 aromatic carbocycles. The molecule has 1 unspecified atom stereocenters. The van der Waals surface area contributed by atoms with Crippen molar-refractivity contribution in [3.8, 4) is 0 Å². The molecule has 2 rings (SSSR count). The fourth-order valence-corrected chi connectivity index (χ4v) is 3.75. The second-order valence-electron chi connectivity index (χ2n) is 9.26. The molecule has 0 aliphatic carbocycles. The zero-order valence-electron chi connectivity index (χ0n) is 18.2. The topological polar surface area (TPSA) is 45.7 Å². The molecule has 1 atom stereocenters. The summed E-state index contributed by atoms with van der Waals surface area (Å²) in [7, 11) is 0. The summed E-state index contributed by atoms with van der Waals surface area (Å²) < 4.78 is 5.68. The van der Waals surface area contributed by atoms with Gasteiger partial charge in [-0.1, -0.05) is 26.3 Å². The summed E-state index contributed by atoms with van der Waals surface area (Å²) in [4.78, 5) is 21.9. The minimum absolute atomic E-state index is 0.0318. The SMILES string of the molecule is CC(C)CN1CCCCC1c1cccnc1N(C(=O)OC(C)(C)C)C(C)C. The number of carbonyl (C=O) groups excluding carboxylic acids is 1. The maximum absolute atomic E-state index is 12.9. The standard InChI is InChI=1S/C22H37N3O2/c1-16(2)15-24-14-9-8-12-19(24)18-11-10-13-23-20(18)25(17(3)4)21(26)27-22(5,6)7/h10-11,13,16-17,19H,8-9,12,14-15H2,1-7H3. The Labute approximate surface area is 165 Å². The molecule has 5 nitrogen and oxygen atoms in total. The van der Waals surface area contributed by atoms with Gasteiger partial charge in [-0.3, -0.25) is 9.80 Å². The van der Waals surface area contributed by atoms with Gasteiger partial charge in [0.2, 0.25) is 0 Å². The Morgan fingerprint density at radius 3 is 2.59 bits per heavy atom. The molecule has 152 valence electrons. The van der Waals surface area contributed by atoms with Crippen molar-refractivity contribution in [1.29, 1.82) is 0 Å². The number of hydrogen-bond acceptors (Lipinski definition) is 4. The van der Waals surface area contributed by atoms with Crippen LogP contribution in [0.2, 0.25) is 0 Å². The van der Waals surface area contributed by atoms with Gasteiger partial charge in [-0.05, 0) is 66.0 Å². The normalized spacial score (nSPS) is 18.8. The summed E-state index contributed by atoms with van der Waals surface area (Å²) in [5.41, 5.74) is 0.602. The van der Waals surface area contributed by atoms with Crippen LogP contribution < -0.4 is 4.90 Å². The van der Waals surface area contributed by atoms with E-state index in [0.717, 1.165) is 30.9 Å². The lowest BCUT2D eigenvalue weighted by molar-refractivity contribution is 0.0567. The van der Waals surface area contributed by atoms with Crippen molar-refractivity contribution in [2.45, 2.75) is 85.4 Å². The third kappa shape index (κ3) is 5.93. The number of rotatable bonds is 5. The lowest BCUT2D eigenvalue weighted by Crippen LogP contribution is -2.43. The Morgan fingerprint density at radius 1 is 1.30 bits per heavy atom. The molecule has 1 aromatic rings. The molecule has 1 fully saturated rings. The van der Waals surface area contributed by atoms with Crippen molar-refractivity contribution in [3.05, 3.63) is 23.9 Å². The van der Waals surface area contributed by atoms with Crippen molar-refractivity contribution in [1.82, 2.24) is 9.88 Å². The molecule has 2 heterocycles. The molecular weight excluding hydrogens is 338 g/mol. The third-order valence-electron chi connectivity index (χ3n) is 4.72. The second-order valence-corrected chi connectivity index (χ2v) is 9.26. The Bertz CT molecular complexity index is 622. The molecular formula is C22H37N3O2. The lowest BCUT2D eigenvalue weighted by Gasteiger charge is -2.39. The number of anilines is 1. The fourth-order valence-electron chi connectivity index (χ4n) is 3.75. The van der Waals surface area contributed by atoms with Gasteiger partial charge in [0.05, 0.1) is 0 Å². The molecule has 1 saturated heterocycles. The van der Waals surface area contributed by atoms with Crippen molar-refractivity contribution < 1.29 is 9.53 Å².